The van der Waals surface area contributed by atoms with Crippen LogP contribution in [0, 0.1) is 11.3 Å². The summed E-state index contributed by atoms with van der Waals surface area (Å²) in [6, 6.07) is 3.41. The van der Waals surface area contributed by atoms with E-state index in [1.165, 1.54) is 38.3 Å². The SMILES string of the molecule is CC(C)CC1(CNCc2ccc(C(=O)O)cn2)CCCC1. The quantitative estimate of drug-likeness (QED) is 0.807. The number of rotatable bonds is 7. The first-order valence-electron chi connectivity index (χ1n) is 7.90. The van der Waals surface area contributed by atoms with Gasteiger partial charge in [0.25, 0.3) is 0 Å². The summed E-state index contributed by atoms with van der Waals surface area (Å²) in [7, 11) is 0. The van der Waals surface area contributed by atoms with Gasteiger partial charge in [-0.3, -0.25) is 4.98 Å². The van der Waals surface area contributed by atoms with E-state index in [1.54, 1.807) is 12.1 Å². The Morgan fingerprint density at radius 1 is 1.38 bits per heavy atom. The number of nitrogens with zero attached hydrogens (tertiary/aromatic N) is 1. The van der Waals surface area contributed by atoms with Gasteiger partial charge in [-0.1, -0.05) is 26.7 Å². The second-order valence-corrected chi connectivity index (χ2v) is 6.75. The molecule has 21 heavy (non-hydrogen) atoms. The molecule has 0 amide bonds. The Morgan fingerprint density at radius 2 is 2.10 bits per heavy atom. The number of aromatic carboxylic acids is 1. The van der Waals surface area contributed by atoms with Crippen LogP contribution < -0.4 is 5.32 Å². The van der Waals surface area contributed by atoms with Gasteiger partial charge >= 0.3 is 5.97 Å². The molecule has 4 heteroatoms. The Morgan fingerprint density at radius 3 is 2.62 bits per heavy atom. The summed E-state index contributed by atoms with van der Waals surface area (Å²) in [5, 5.41) is 12.4. The van der Waals surface area contributed by atoms with Crippen molar-refractivity contribution in [2.75, 3.05) is 6.54 Å². The van der Waals surface area contributed by atoms with E-state index in [0.717, 1.165) is 18.2 Å². The van der Waals surface area contributed by atoms with Crippen LogP contribution in [0.25, 0.3) is 0 Å². The van der Waals surface area contributed by atoms with Crippen LogP contribution in [-0.4, -0.2) is 22.6 Å². The Balaban J connectivity index is 1.86. The molecule has 0 aliphatic heterocycles. The lowest BCUT2D eigenvalue weighted by molar-refractivity contribution is 0.0696. The Hall–Kier alpha value is -1.42. The fraction of sp³-hybridized carbons (Fsp3) is 0.647. The maximum atomic E-state index is 10.8. The van der Waals surface area contributed by atoms with Crippen LogP contribution in [0.1, 0.15) is 62.0 Å². The molecule has 116 valence electrons. The van der Waals surface area contributed by atoms with E-state index in [1.807, 2.05) is 0 Å². The van der Waals surface area contributed by atoms with E-state index in [4.69, 9.17) is 5.11 Å². The molecule has 4 nitrogen and oxygen atoms in total. The summed E-state index contributed by atoms with van der Waals surface area (Å²) in [6.45, 7) is 6.34. The number of carbonyl (C=O) groups is 1. The smallest absolute Gasteiger partial charge is 0.337 e. The van der Waals surface area contributed by atoms with Crippen LogP contribution >= 0.6 is 0 Å². The summed E-state index contributed by atoms with van der Waals surface area (Å²) in [5.74, 6) is -0.193. The van der Waals surface area contributed by atoms with Crippen molar-refractivity contribution >= 4 is 5.97 Å². The predicted octanol–water partition coefficient (Wildman–Crippen LogP) is 3.48. The molecule has 0 spiro atoms. The minimum Gasteiger partial charge on any atom is -0.478 e. The minimum atomic E-state index is -0.927. The number of hydrogen-bond donors (Lipinski definition) is 2. The van der Waals surface area contributed by atoms with E-state index in [0.29, 0.717) is 12.0 Å². The van der Waals surface area contributed by atoms with E-state index < -0.39 is 5.97 Å². The fourth-order valence-electron chi connectivity index (χ4n) is 3.56. The zero-order valence-corrected chi connectivity index (χ0v) is 13.1. The Kier molecular flexibility index (Phi) is 5.34. The number of aromatic nitrogens is 1. The molecule has 1 aromatic rings. The van der Waals surface area contributed by atoms with Crippen LogP contribution in [0.2, 0.25) is 0 Å². The van der Waals surface area contributed by atoms with Crippen LogP contribution in [-0.2, 0) is 6.54 Å². The average Bonchev–Trinajstić information content (AvgIpc) is 2.87. The summed E-state index contributed by atoms with van der Waals surface area (Å²) >= 11 is 0. The summed E-state index contributed by atoms with van der Waals surface area (Å²) in [4.78, 5) is 15.0. The molecule has 0 unspecified atom stereocenters. The van der Waals surface area contributed by atoms with Gasteiger partial charge in [0.15, 0.2) is 0 Å². The molecule has 1 fully saturated rings. The van der Waals surface area contributed by atoms with Gasteiger partial charge in [0.05, 0.1) is 11.3 Å². The predicted molar refractivity (Wildman–Crippen MR) is 83.3 cm³/mol. The lowest BCUT2D eigenvalue weighted by Gasteiger charge is -2.31. The Labute approximate surface area is 127 Å². The molecule has 1 saturated carbocycles. The van der Waals surface area contributed by atoms with Gasteiger partial charge in [0.1, 0.15) is 0 Å². The zero-order chi connectivity index (χ0) is 15.3. The number of nitrogens with one attached hydrogen (secondary N) is 1. The van der Waals surface area contributed by atoms with Crippen LogP contribution in [0.15, 0.2) is 18.3 Å². The van der Waals surface area contributed by atoms with Crippen molar-refractivity contribution < 1.29 is 9.90 Å². The molecule has 0 radical (unpaired) electrons. The summed E-state index contributed by atoms with van der Waals surface area (Å²) in [5.41, 5.74) is 1.60. The number of pyridine rings is 1. The maximum Gasteiger partial charge on any atom is 0.337 e. The Bertz CT molecular complexity index is 462. The van der Waals surface area contributed by atoms with Crippen molar-refractivity contribution in [2.24, 2.45) is 11.3 Å². The van der Waals surface area contributed by atoms with Crippen molar-refractivity contribution in [3.05, 3.63) is 29.6 Å². The molecule has 1 aliphatic rings. The monoisotopic (exact) mass is 290 g/mol. The third-order valence-corrected chi connectivity index (χ3v) is 4.38. The molecule has 2 N–H and O–H groups in total. The van der Waals surface area contributed by atoms with Crippen molar-refractivity contribution in [3.8, 4) is 0 Å². The van der Waals surface area contributed by atoms with Crippen LogP contribution in [0.3, 0.4) is 0 Å². The van der Waals surface area contributed by atoms with Crippen LogP contribution in [0.4, 0.5) is 0 Å². The normalized spacial score (nSPS) is 17.3. The van der Waals surface area contributed by atoms with Crippen molar-refractivity contribution in [1.82, 2.24) is 10.3 Å². The van der Waals surface area contributed by atoms with Gasteiger partial charge in [0.2, 0.25) is 0 Å². The molecule has 2 rings (SSSR count). The van der Waals surface area contributed by atoms with E-state index in [-0.39, 0.29) is 5.56 Å². The highest BCUT2D eigenvalue weighted by molar-refractivity contribution is 5.87. The topological polar surface area (TPSA) is 62.2 Å². The molecular formula is C17H26N2O2. The van der Waals surface area contributed by atoms with Crippen molar-refractivity contribution in [1.29, 1.82) is 0 Å². The van der Waals surface area contributed by atoms with Gasteiger partial charge in [0, 0.05) is 19.3 Å². The van der Waals surface area contributed by atoms with Gasteiger partial charge in [-0.2, -0.15) is 0 Å². The molecule has 1 aliphatic carbocycles. The van der Waals surface area contributed by atoms with E-state index in [2.05, 4.69) is 24.1 Å². The first kappa shape index (κ1) is 16.0. The van der Waals surface area contributed by atoms with Gasteiger partial charge in [-0.05, 0) is 42.7 Å². The van der Waals surface area contributed by atoms with Gasteiger partial charge in [-0.15, -0.1) is 0 Å². The second kappa shape index (κ2) is 7.03. The summed E-state index contributed by atoms with van der Waals surface area (Å²) in [6.07, 6.45) is 8.05. The molecule has 0 bridgehead atoms. The van der Waals surface area contributed by atoms with Crippen molar-refractivity contribution in [3.63, 3.8) is 0 Å². The first-order chi connectivity index (χ1) is 10.0. The molecule has 0 aromatic carbocycles. The molecular weight excluding hydrogens is 264 g/mol. The van der Waals surface area contributed by atoms with Crippen molar-refractivity contribution in [2.45, 2.75) is 52.5 Å². The maximum absolute atomic E-state index is 10.8. The van der Waals surface area contributed by atoms with Gasteiger partial charge in [-0.25, -0.2) is 4.79 Å². The lowest BCUT2D eigenvalue weighted by atomic mass is 9.78. The number of carboxylic acids is 1. The average molecular weight is 290 g/mol. The van der Waals surface area contributed by atoms with Crippen LogP contribution in [0.5, 0.6) is 0 Å². The summed E-state index contributed by atoms with van der Waals surface area (Å²) < 4.78 is 0. The zero-order valence-electron chi connectivity index (χ0n) is 13.1. The van der Waals surface area contributed by atoms with E-state index in [9.17, 15) is 4.79 Å². The lowest BCUT2D eigenvalue weighted by Crippen LogP contribution is -2.33. The molecule has 0 saturated heterocycles. The molecule has 1 aromatic heterocycles. The van der Waals surface area contributed by atoms with E-state index >= 15 is 0 Å². The first-order valence-corrected chi connectivity index (χ1v) is 7.90. The highest BCUT2D eigenvalue weighted by Crippen LogP contribution is 2.42. The third-order valence-electron chi connectivity index (χ3n) is 4.38. The third kappa shape index (κ3) is 4.53. The minimum absolute atomic E-state index is 0.242. The van der Waals surface area contributed by atoms with Gasteiger partial charge < -0.3 is 10.4 Å². The number of carboxylic acid groups (broad SMARTS) is 1. The fourth-order valence-corrected chi connectivity index (χ4v) is 3.56. The molecule has 1 heterocycles. The highest BCUT2D eigenvalue weighted by Gasteiger charge is 2.33. The largest absolute Gasteiger partial charge is 0.478 e. The highest BCUT2D eigenvalue weighted by atomic mass is 16.4. The molecule has 0 atom stereocenters. The number of hydrogen-bond acceptors (Lipinski definition) is 3. The second-order valence-electron chi connectivity index (χ2n) is 6.75. The standard InChI is InChI=1S/C17H26N2O2/c1-13(2)9-17(7-3-4-8-17)12-18-11-15-6-5-14(10-19-15)16(20)21/h5-6,10,13,18H,3-4,7-9,11-12H2,1-2H3,(H,20,21).